The monoisotopic (exact) mass is 355 g/mol. The van der Waals surface area contributed by atoms with Crippen molar-refractivity contribution in [1.82, 2.24) is 14.7 Å². The highest BCUT2D eigenvalue weighted by atomic mass is 35.5. The average molecular weight is 356 g/mol. The number of nitrogens with zero attached hydrogens (tertiary/aromatic N) is 3. The molecule has 1 amide bonds. The molecule has 0 aromatic heterocycles. The lowest BCUT2D eigenvalue weighted by molar-refractivity contribution is -0.0219. The molecular formula is C17H23ClFN3O2. The quantitative estimate of drug-likeness (QED) is 0.868. The molecule has 0 saturated carbocycles. The fraction of sp³-hybridized carbons (Fsp3) is 0.588. The minimum atomic E-state index is -0.568. The fourth-order valence-electron chi connectivity index (χ4n) is 3.49. The topological polar surface area (TPSA) is 47.0 Å². The van der Waals surface area contributed by atoms with E-state index in [1.165, 1.54) is 18.2 Å². The van der Waals surface area contributed by atoms with Gasteiger partial charge in [-0.25, -0.2) is 4.39 Å². The number of amides is 1. The summed E-state index contributed by atoms with van der Waals surface area (Å²) in [5, 5.41) is 10.5. The van der Waals surface area contributed by atoms with Gasteiger partial charge in [0.15, 0.2) is 0 Å². The minimum Gasteiger partial charge on any atom is -0.390 e. The molecule has 0 bridgehead atoms. The van der Waals surface area contributed by atoms with E-state index >= 15 is 0 Å². The second-order valence-electron chi connectivity index (χ2n) is 6.64. The Balaban J connectivity index is 1.62. The number of likely N-dealkylation sites (tertiary alicyclic amines) is 1. The Morgan fingerprint density at radius 1 is 1.25 bits per heavy atom. The third-order valence-corrected chi connectivity index (χ3v) is 5.30. The first-order valence-corrected chi connectivity index (χ1v) is 8.68. The number of piperazine rings is 1. The van der Waals surface area contributed by atoms with Crippen molar-refractivity contribution in [1.29, 1.82) is 0 Å². The van der Waals surface area contributed by atoms with Gasteiger partial charge in [-0.05, 0) is 31.7 Å². The number of likely N-dealkylation sites (N-methyl/N-ethyl adjacent to an activating group) is 1. The molecule has 0 aliphatic carbocycles. The molecule has 2 fully saturated rings. The number of carbonyl (C=O) groups excluding carboxylic acids is 1. The van der Waals surface area contributed by atoms with Gasteiger partial charge in [-0.1, -0.05) is 11.6 Å². The summed E-state index contributed by atoms with van der Waals surface area (Å²) >= 11 is 5.76. The van der Waals surface area contributed by atoms with Crippen LogP contribution in [-0.2, 0) is 0 Å². The average Bonchev–Trinajstić information content (AvgIpc) is 2.57. The van der Waals surface area contributed by atoms with Gasteiger partial charge in [-0.3, -0.25) is 9.69 Å². The molecule has 2 aliphatic heterocycles. The van der Waals surface area contributed by atoms with E-state index in [1.807, 2.05) is 0 Å². The number of hydrogen-bond acceptors (Lipinski definition) is 4. The zero-order valence-electron chi connectivity index (χ0n) is 13.8. The summed E-state index contributed by atoms with van der Waals surface area (Å²) in [5.41, 5.74) is 0.353. The third-order valence-electron chi connectivity index (χ3n) is 5.01. The molecule has 24 heavy (non-hydrogen) atoms. The van der Waals surface area contributed by atoms with Crippen LogP contribution in [0.3, 0.4) is 0 Å². The third kappa shape index (κ3) is 3.72. The number of β-amino-alcohol motifs (C(OH)–C–C–N with tert-alkyl or cyclic N) is 1. The van der Waals surface area contributed by atoms with Crippen molar-refractivity contribution in [3.63, 3.8) is 0 Å². The van der Waals surface area contributed by atoms with E-state index in [-0.39, 0.29) is 17.0 Å². The molecule has 3 rings (SSSR count). The Hall–Kier alpha value is -1.21. The smallest absolute Gasteiger partial charge is 0.253 e. The number of aliphatic hydroxyl groups is 1. The van der Waals surface area contributed by atoms with Crippen LogP contribution in [0.1, 0.15) is 16.8 Å². The maximum Gasteiger partial charge on any atom is 0.253 e. The van der Waals surface area contributed by atoms with Crippen molar-refractivity contribution in [3.05, 3.63) is 34.6 Å². The molecule has 0 spiro atoms. The van der Waals surface area contributed by atoms with Crippen LogP contribution in [0.25, 0.3) is 0 Å². The van der Waals surface area contributed by atoms with Crippen LogP contribution in [0.2, 0.25) is 5.02 Å². The first kappa shape index (κ1) is 17.6. The number of piperidine rings is 1. The lowest BCUT2D eigenvalue weighted by Gasteiger charge is -2.44. The van der Waals surface area contributed by atoms with E-state index in [0.717, 1.165) is 32.6 Å². The Bertz CT molecular complexity index is 607. The number of benzene rings is 1. The van der Waals surface area contributed by atoms with Gasteiger partial charge >= 0.3 is 0 Å². The van der Waals surface area contributed by atoms with Gasteiger partial charge in [0.1, 0.15) is 5.82 Å². The summed E-state index contributed by atoms with van der Waals surface area (Å²) in [6.45, 7) is 4.77. The van der Waals surface area contributed by atoms with E-state index in [9.17, 15) is 14.3 Å². The van der Waals surface area contributed by atoms with Crippen molar-refractivity contribution < 1.29 is 14.3 Å². The zero-order chi connectivity index (χ0) is 17.3. The first-order chi connectivity index (χ1) is 11.5. The second-order valence-corrected chi connectivity index (χ2v) is 7.05. The van der Waals surface area contributed by atoms with Gasteiger partial charge in [-0.2, -0.15) is 0 Å². The fourth-order valence-corrected chi connectivity index (χ4v) is 3.68. The van der Waals surface area contributed by atoms with E-state index in [2.05, 4.69) is 16.8 Å². The van der Waals surface area contributed by atoms with Gasteiger partial charge in [-0.15, -0.1) is 0 Å². The number of rotatable bonds is 2. The van der Waals surface area contributed by atoms with Crippen LogP contribution < -0.4 is 0 Å². The van der Waals surface area contributed by atoms with Gasteiger partial charge in [0.25, 0.3) is 5.91 Å². The molecule has 2 aliphatic rings. The summed E-state index contributed by atoms with van der Waals surface area (Å²) in [6, 6.07) is 4.07. The van der Waals surface area contributed by atoms with Gasteiger partial charge < -0.3 is 14.9 Å². The highest BCUT2D eigenvalue weighted by Crippen LogP contribution is 2.22. The Labute approximate surface area is 146 Å². The Morgan fingerprint density at radius 2 is 1.96 bits per heavy atom. The number of hydrogen-bond donors (Lipinski definition) is 1. The molecule has 2 saturated heterocycles. The lowest BCUT2D eigenvalue weighted by Crippen LogP contribution is -2.59. The maximum atomic E-state index is 13.2. The summed E-state index contributed by atoms with van der Waals surface area (Å²) in [5.74, 6) is -0.755. The number of carbonyl (C=O) groups is 1. The predicted molar refractivity (Wildman–Crippen MR) is 90.8 cm³/mol. The van der Waals surface area contributed by atoms with Crippen LogP contribution in [0.15, 0.2) is 18.2 Å². The van der Waals surface area contributed by atoms with Crippen molar-refractivity contribution in [2.45, 2.75) is 18.6 Å². The van der Waals surface area contributed by atoms with E-state index in [1.54, 1.807) is 4.90 Å². The van der Waals surface area contributed by atoms with E-state index < -0.39 is 11.9 Å². The summed E-state index contributed by atoms with van der Waals surface area (Å²) in [7, 11) is 2.10. The highest BCUT2D eigenvalue weighted by Gasteiger charge is 2.35. The van der Waals surface area contributed by atoms with Crippen LogP contribution >= 0.6 is 11.6 Å². The zero-order valence-corrected chi connectivity index (χ0v) is 14.5. The number of aliphatic hydroxyl groups excluding tert-OH is 1. The number of halogens is 2. The van der Waals surface area contributed by atoms with Crippen LogP contribution in [0.4, 0.5) is 4.39 Å². The molecule has 132 valence electrons. The largest absolute Gasteiger partial charge is 0.390 e. The molecule has 1 aromatic carbocycles. The predicted octanol–water partition coefficient (Wildman–Crippen LogP) is 1.30. The Morgan fingerprint density at radius 3 is 2.58 bits per heavy atom. The summed E-state index contributed by atoms with van der Waals surface area (Å²) < 4.78 is 13.2. The normalized spacial score (nSPS) is 26.6. The van der Waals surface area contributed by atoms with Crippen LogP contribution in [0, 0.1) is 5.82 Å². The SMILES string of the molecule is CN1CCN([C@@H]2CCN(C(=O)c3ccc(F)c(Cl)c3)C[C@H]2O)CC1. The summed E-state index contributed by atoms with van der Waals surface area (Å²) in [6.07, 6.45) is 0.174. The Kier molecular flexibility index (Phi) is 5.39. The molecule has 7 heteroatoms. The second kappa shape index (κ2) is 7.35. The van der Waals surface area contributed by atoms with E-state index in [0.29, 0.717) is 18.7 Å². The van der Waals surface area contributed by atoms with Crippen molar-refractivity contribution in [2.24, 2.45) is 0 Å². The minimum absolute atomic E-state index is 0.0614. The lowest BCUT2D eigenvalue weighted by atomic mass is 9.98. The molecular weight excluding hydrogens is 333 g/mol. The highest BCUT2D eigenvalue weighted by molar-refractivity contribution is 6.31. The molecule has 0 radical (unpaired) electrons. The standard InChI is InChI=1S/C17H23ClFN3O2/c1-20-6-8-21(9-7-20)15-4-5-22(11-16(15)23)17(24)12-2-3-14(19)13(18)10-12/h2-3,10,15-16,23H,4-9,11H2,1H3/t15-,16-/m1/s1. The molecule has 5 nitrogen and oxygen atoms in total. The van der Waals surface area contributed by atoms with Crippen LogP contribution in [0.5, 0.6) is 0 Å². The molecule has 2 atom stereocenters. The first-order valence-electron chi connectivity index (χ1n) is 8.30. The van der Waals surface area contributed by atoms with Gasteiger partial charge in [0, 0.05) is 50.9 Å². The maximum absolute atomic E-state index is 13.2. The van der Waals surface area contributed by atoms with E-state index in [4.69, 9.17) is 11.6 Å². The van der Waals surface area contributed by atoms with Crippen molar-refractivity contribution in [3.8, 4) is 0 Å². The molecule has 0 unspecified atom stereocenters. The van der Waals surface area contributed by atoms with Crippen molar-refractivity contribution in [2.75, 3.05) is 46.3 Å². The molecule has 2 heterocycles. The molecule has 1 aromatic rings. The van der Waals surface area contributed by atoms with Gasteiger partial charge in [0.2, 0.25) is 0 Å². The van der Waals surface area contributed by atoms with Crippen molar-refractivity contribution >= 4 is 17.5 Å². The molecule has 1 N–H and O–H groups in total. The summed E-state index contributed by atoms with van der Waals surface area (Å²) in [4.78, 5) is 18.8. The van der Waals surface area contributed by atoms with Crippen LogP contribution in [-0.4, -0.2) is 84.2 Å². The van der Waals surface area contributed by atoms with Gasteiger partial charge in [0.05, 0.1) is 11.1 Å².